The SMILES string of the molecule is CCOC(=O)N1c2ccc(-c3nc4cc(-c5nc6c(n5C(=O)OCC)C/C=C\C(N(C)C(C)C)/C=C/6)ccc4n3C(=O)OCC)cc2N(C)C1C1=CC=C(OCCCCCCOCC(c2ccccc2)(c2ccc(OC)cc2)c2ccc(OC)cc2)CC=C1. The largest absolute Gasteiger partial charge is 0.498 e. The number of unbranched alkanes of at least 4 members (excludes halogenated alkanes) is 3. The van der Waals surface area contributed by atoms with Crippen LogP contribution in [0.5, 0.6) is 11.5 Å². The van der Waals surface area contributed by atoms with Gasteiger partial charge in [0.1, 0.15) is 17.7 Å². The summed E-state index contributed by atoms with van der Waals surface area (Å²) in [6.45, 7) is 11.7. The van der Waals surface area contributed by atoms with Gasteiger partial charge in [0.2, 0.25) is 0 Å². The minimum Gasteiger partial charge on any atom is -0.498 e. The van der Waals surface area contributed by atoms with E-state index in [1.54, 1.807) is 46.0 Å². The van der Waals surface area contributed by atoms with Crippen LogP contribution in [0.15, 0.2) is 169 Å². The number of nitrogens with zero attached hydrogens (tertiary/aromatic N) is 7. The number of imidazole rings is 2. The predicted octanol–water partition coefficient (Wildman–Crippen LogP) is 14.6. The van der Waals surface area contributed by atoms with Crippen LogP contribution in [0.3, 0.4) is 0 Å². The van der Waals surface area contributed by atoms with Crippen molar-refractivity contribution in [1.82, 2.24) is 24.0 Å². The molecule has 0 fully saturated rings. The van der Waals surface area contributed by atoms with Crippen LogP contribution in [-0.4, -0.2) is 128 Å². The number of hydrogen-bond donors (Lipinski definition) is 0. The summed E-state index contributed by atoms with van der Waals surface area (Å²) in [4.78, 5) is 58.0. The molecule has 89 heavy (non-hydrogen) atoms. The number of methoxy groups -OCH3 is 2. The molecule has 0 radical (unpaired) electrons. The Bertz CT molecular complexity index is 3740. The van der Waals surface area contributed by atoms with Gasteiger partial charge in [-0.25, -0.2) is 33.5 Å². The maximum atomic E-state index is 14.1. The van der Waals surface area contributed by atoms with E-state index in [-0.39, 0.29) is 25.9 Å². The highest BCUT2D eigenvalue weighted by molar-refractivity contribution is 6.00. The van der Waals surface area contributed by atoms with Crippen LogP contribution in [0, 0.1) is 0 Å². The number of ether oxygens (including phenoxy) is 7. The van der Waals surface area contributed by atoms with Crippen molar-refractivity contribution < 1.29 is 47.5 Å². The summed E-state index contributed by atoms with van der Waals surface area (Å²) in [5.74, 6) is 3.13. The van der Waals surface area contributed by atoms with Gasteiger partial charge in [-0.3, -0.25) is 9.80 Å². The van der Waals surface area contributed by atoms with Crippen LogP contribution < -0.4 is 19.3 Å². The van der Waals surface area contributed by atoms with E-state index in [2.05, 4.69) is 98.6 Å². The normalized spacial score (nSPS) is 16.2. The molecule has 5 aromatic carbocycles. The molecule has 0 saturated heterocycles. The molecule has 2 atom stereocenters. The molecule has 2 aliphatic carbocycles. The van der Waals surface area contributed by atoms with Gasteiger partial charge < -0.3 is 38.1 Å². The van der Waals surface area contributed by atoms with E-state index < -0.39 is 29.9 Å². The highest BCUT2D eigenvalue weighted by Gasteiger charge is 2.41. The summed E-state index contributed by atoms with van der Waals surface area (Å²) >= 11 is 0. The lowest BCUT2D eigenvalue weighted by atomic mass is 9.70. The lowest BCUT2D eigenvalue weighted by molar-refractivity contribution is 0.103. The van der Waals surface area contributed by atoms with Gasteiger partial charge in [0.25, 0.3) is 0 Å². The summed E-state index contributed by atoms with van der Waals surface area (Å²) in [5.41, 5.74) is 8.51. The van der Waals surface area contributed by atoms with E-state index in [1.807, 2.05) is 96.9 Å². The average Bonchev–Trinajstić information content (AvgIpc) is 1.75. The number of benzene rings is 5. The van der Waals surface area contributed by atoms with Crippen molar-refractivity contribution in [2.45, 2.75) is 96.8 Å². The quantitative estimate of drug-likeness (QED) is 0.0257. The van der Waals surface area contributed by atoms with E-state index in [1.165, 1.54) is 9.13 Å². The fourth-order valence-electron chi connectivity index (χ4n) is 11.9. The zero-order chi connectivity index (χ0) is 62.6. The van der Waals surface area contributed by atoms with Gasteiger partial charge >= 0.3 is 18.3 Å². The summed E-state index contributed by atoms with van der Waals surface area (Å²) in [6, 6.07) is 38.5. The van der Waals surface area contributed by atoms with Crippen molar-refractivity contribution in [3.8, 4) is 34.3 Å². The van der Waals surface area contributed by atoms with Crippen LogP contribution in [0.2, 0.25) is 0 Å². The number of carbonyl (C=O) groups excluding carboxylic acids is 3. The van der Waals surface area contributed by atoms with Gasteiger partial charge in [-0.2, -0.15) is 0 Å². The second-order valence-electron chi connectivity index (χ2n) is 22.4. The number of allylic oxidation sites excluding steroid dienone is 4. The number of aromatic nitrogens is 4. The second kappa shape index (κ2) is 28.8. The molecule has 0 bridgehead atoms. The smallest absolute Gasteiger partial charge is 0.420 e. The Morgan fingerprint density at radius 1 is 0.640 bits per heavy atom. The lowest BCUT2D eigenvalue weighted by Crippen LogP contribution is -2.46. The standard InChI is InChI=1S/C72H81N7O10/c1-10-86-69(80)77-62-27-21-25-56(75(6)49(4)5)35-41-60(62)73-66(77)51-29-42-63-61(46-51)74-67(78(63)70(81)87-11-2)52-30-43-64-65(47-52)76(7)68(79(64)71(82)88-12-3)50-22-20-26-59(36-28-50)89-45-19-14-13-18-44-85-48-72(53-23-16-15-17-24-53,54-31-37-57(83-8)38-32-54)55-33-39-58(84-9)40-34-55/h15-17,20-25,28-43,46-47,49,56,68H,10-14,18-19,26-27,44-45,48H2,1-9H3/b25-21-,41-35+. The fourth-order valence-corrected chi connectivity index (χ4v) is 11.9. The van der Waals surface area contributed by atoms with Crippen LogP contribution >= 0.6 is 0 Å². The zero-order valence-corrected chi connectivity index (χ0v) is 52.5. The Hall–Kier alpha value is -9.19. The van der Waals surface area contributed by atoms with Crippen molar-refractivity contribution in [1.29, 1.82) is 0 Å². The number of rotatable bonds is 23. The minimum absolute atomic E-state index is 0.0437. The molecule has 0 saturated carbocycles. The molecule has 17 heteroatoms. The van der Waals surface area contributed by atoms with E-state index >= 15 is 0 Å². The molecule has 10 rings (SSSR count). The predicted molar refractivity (Wildman–Crippen MR) is 349 cm³/mol. The summed E-state index contributed by atoms with van der Waals surface area (Å²) in [7, 11) is 7.37. The highest BCUT2D eigenvalue weighted by atomic mass is 16.6. The van der Waals surface area contributed by atoms with E-state index in [0.717, 1.165) is 70.9 Å². The van der Waals surface area contributed by atoms with Gasteiger partial charge in [-0.15, -0.1) is 0 Å². The Balaban J connectivity index is 0.833. The molecule has 2 unspecified atom stereocenters. The van der Waals surface area contributed by atoms with Crippen molar-refractivity contribution in [2.24, 2.45) is 0 Å². The minimum atomic E-state index is -0.607. The van der Waals surface area contributed by atoms with Gasteiger partial charge in [0.15, 0.2) is 11.6 Å². The molecular formula is C72H81N7O10. The number of hydrogen-bond acceptors (Lipinski definition) is 14. The third kappa shape index (κ3) is 13.3. The van der Waals surface area contributed by atoms with E-state index in [0.29, 0.717) is 89.6 Å². The molecule has 7 aromatic rings. The number of likely N-dealkylation sites (N-methyl/N-ethyl adjacent to an activating group) is 2. The Morgan fingerprint density at radius 3 is 1.92 bits per heavy atom. The molecule has 3 aliphatic rings. The number of amides is 1. The van der Waals surface area contributed by atoms with Gasteiger partial charge in [-0.05, 0) is 156 Å². The Labute approximate surface area is 522 Å². The first-order valence-electron chi connectivity index (χ1n) is 30.8. The monoisotopic (exact) mass is 1200 g/mol. The first kappa shape index (κ1) is 62.8. The number of anilines is 2. The van der Waals surface area contributed by atoms with Crippen molar-refractivity contribution >= 4 is 46.8 Å². The first-order valence-corrected chi connectivity index (χ1v) is 30.8. The zero-order valence-electron chi connectivity index (χ0n) is 52.5. The molecular weight excluding hydrogens is 1120 g/mol. The van der Waals surface area contributed by atoms with Gasteiger partial charge in [0, 0.05) is 49.7 Å². The maximum Gasteiger partial charge on any atom is 0.420 e. The molecule has 0 spiro atoms. The first-order chi connectivity index (χ1) is 43.3. The second-order valence-corrected chi connectivity index (χ2v) is 22.4. The summed E-state index contributed by atoms with van der Waals surface area (Å²) in [6.07, 6.45) is 18.9. The topological polar surface area (TPSA) is 161 Å². The highest BCUT2D eigenvalue weighted by Crippen LogP contribution is 2.45. The summed E-state index contributed by atoms with van der Waals surface area (Å²) < 4.78 is 44.0. The summed E-state index contributed by atoms with van der Waals surface area (Å²) in [5, 5.41) is 0. The van der Waals surface area contributed by atoms with E-state index in [4.69, 9.17) is 43.1 Å². The van der Waals surface area contributed by atoms with Crippen molar-refractivity contribution in [3.05, 3.63) is 197 Å². The molecule has 3 heterocycles. The van der Waals surface area contributed by atoms with E-state index in [9.17, 15) is 14.4 Å². The number of carbonyl (C=O) groups is 3. The molecule has 1 aliphatic heterocycles. The van der Waals surface area contributed by atoms with Crippen molar-refractivity contribution in [3.63, 3.8) is 0 Å². The molecule has 17 nitrogen and oxygen atoms in total. The van der Waals surface area contributed by atoms with Crippen molar-refractivity contribution in [2.75, 3.05) is 77.8 Å². The molecule has 1 amide bonds. The molecule has 2 aromatic heterocycles. The molecule has 464 valence electrons. The third-order valence-electron chi connectivity index (χ3n) is 16.8. The van der Waals surface area contributed by atoms with Crippen LogP contribution in [0.1, 0.15) is 94.8 Å². The lowest BCUT2D eigenvalue weighted by Gasteiger charge is -2.36. The maximum absolute atomic E-state index is 14.1. The van der Waals surface area contributed by atoms with Crippen LogP contribution in [0.25, 0.3) is 39.9 Å². The third-order valence-corrected chi connectivity index (χ3v) is 16.8. The fraction of sp³-hybridized carbons (Fsp3) is 0.347. The van der Waals surface area contributed by atoms with Gasteiger partial charge in [-0.1, -0.05) is 97.5 Å². The Morgan fingerprint density at radius 2 is 1.26 bits per heavy atom. The Kier molecular flexibility index (Phi) is 20.3. The average molecular weight is 1200 g/mol. The molecule has 0 N–H and O–H groups in total. The number of fused-ring (bicyclic) bond motifs is 3. The van der Waals surface area contributed by atoms with Gasteiger partial charge in [0.05, 0.1) is 92.2 Å². The van der Waals surface area contributed by atoms with Crippen LogP contribution in [0.4, 0.5) is 25.8 Å². The van der Waals surface area contributed by atoms with Crippen LogP contribution in [-0.2, 0) is 35.5 Å².